The van der Waals surface area contributed by atoms with Crippen molar-refractivity contribution in [2.45, 2.75) is 46.1 Å². The van der Waals surface area contributed by atoms with Crippen LogP contribution in [0.4, 0.5) is 5.82 Å². The van der Waals surface area contributed by atoms with Crippen LogP contribution in [-0.4, -0.2) is 11.1 Å². The van der Waals surface area contributed by atoms with Crippen LogP contribution in [0.3, 0.4) is 0 Å². The summed E-state index contributed by atoms with van der Waals surface area (Å²) in [6.07, 6.45) is 3.84. The Morgan fingerprint density at radius 3 is 2.41 bits per heavy atom. The Balaban J connectivity index is 2.04. The second-order valence-electron chi connectivity index (χ2n) is 5.49. The van der Waals surface area contributed by atoms with E-state index in [1.807, 2.05) is 19.1 Å². The molecule has 2 atom stereocenters. The minimum atomic E-state index is 0.292. The van der Waals surface area contributed by atoms with Crippen molar-refractivity contribution in [2.24, 2.45) is 11.8 Å². The number of nitrogens with zero attached hydrogens (tertiary/aromatic N) is 1. The zero-order chi connectivity index (χ0) is 12.4. The van der Waals surface area contributed by atoms with Gasteiger partial charge in [-0.1, -0.05) is 13.8 Å². The molecule has 2 N–H and O–H groups in total. The molecule has 1 aromatic rings. The van der Waals surface area contributed by atoms with Gasteiger partial charge in [0.05, 0.1) is 6.10 Å². The fraction of sp³-hybridized carbons (Fsp3) is 0.643. The van der Waals surface area contributed by atoms with E-state index in [0.29, 0.717) is 11.9 Å². The summed E-state index contributed by atoms with van der Waals surface area (Å²) in [4.78, 5) is 4.23. The monoisotopic (exact) mass is 234 g/mol. The third kappa shape index (κ3) is 3.11. The van der Waals surface area contributed by atoms with E-state index in [2.05, 4.69) is 18.8 Å². The van der Waals surface area contributed by atoms with Gasteiger partial charge in [0, 0.05) is 5.69 Å². The lowest BCUT2D eigenvalue weighted by Crippen LogP contribution is -2.28. The standard InChI is InChI=1S/C14H22N2O/c1-9-6-10(2)8-12(7-9)17-13-5-4-11(3)16-14(13)15/h4-5,9-10,12H,6-8H2,1-3H3,(H2,15,16). The Kier molecular flexibility index (Phi) is 3.55. The SMILES string of the molecule is Cc1ccc(OC2CC(C)CC(C)C2)c(N)n1. The Morgan fingerprint density at radius 2 is 1.82 bits per heavy atom. The van der Waals surface area contributed by atoms with E-state index in [-0.39, 0.29) is 0 Å². The summed E-state index contributed by atoms with van der Waals surface area (Å²) in [7, 11) is 0. The Labute approximate surface area is 103 Å². The van der Waals surface area contributed by atoms with Crippen LogP contribution in [0.25, 0.3) is 0 Å². The number of anilines is 1. The lowest BCUT2D eigenvalue weighted by atomic mass is 9.82. The molecule has 0 spiro atoms. The number of hydrogen-bond acceptors (Lipinski definition) is 3. The molecule has 2 rings (SSSR count). The summed E-state index contributed by atoms with van der Waals surface area (Å²) >= 11 is 0. The molecule has 0 bridgehead atoms. The molecule has 1 aromatic heterocycles. The van der Waals surface area contributed by atoms with Gasteiger partial charge in [-0.3, -0.25) is 0 Å². The van der Waals surface area contributed by atoms with Gasteiger partial charge in [-0.25, -0.2) is 4.98 Å². The minimum Gasteiger partial charge on any atom is -0.487 e. The predicted molar refractivity (Wildman–Crippen MR) is 70.0 cm³/mol. The van der Waals surface area contributed by atoms with Crippen molar-refractivity contribution in [1.82, 2.24) is 4.98 Å². The number of pyridine rings is 1. The fourth-order valence-electron chi connectivity index (χ4n) is 2.81. The Bertz CT molecular complexity index is 382. The number of hydrogen-bond donors (Lipinski definition) is 1. The smallest absolute Gasteiger partial charge is 0.166 e. The van der Waals surface area contributed by atoms with E-state index in [0.717, 1.165) is 36.1 Å². The number of nitrogens with two attached hydrogens (primary N) is 1. The van der Waals surface area contributed by atoms with Gasteiger partial charge in [0.25, 0.3) is 0 Å². The molecular formula is C14H22N2O. The summed E-state index contributed by atoms with van der Waals surface area (Å²) in [6, 6.07) is 3.88. The molecule has 94 valence electrons. The zero-order valence-electron chi connectivity index (χ0n) is 10.9. The van der Waals surface area contributed by atoms with Gasteiger partial charge in [0.2, 0.25) is 0 Å². The Hall–Kier alpha value is -1.25. The molecule has 17 heavy (non-hydrogen) atoms. The molecule has 0 aliphatic heterocycles. The molecule has 0 aromatic carbocycles. The van der Waals surface area contributed by atoms with Crippen molar-refractivity contribution in [3.05, 3.63) is 17.8 Å². The number of nitrogen functional groups attached to an aromatic ring is 1. The summed E-state index contributed by atoms with van der Waals surface area (Å²) in [6.45, 7) is 6.52. The van der Waals surface area contributed by atoms with Gasteiger partial charge in [0.15, 0.2) is 11.6 Å². The number of rotatable bonds is 2. The van der Waals surface area contributed by atoms with Gasteiger partial charge in [-0.15, -0.1) is 0 Å². The maximum atomic E-state index is 5.99. The summed E-state index contributed by atoms with van der Waals surface area (Å²) < 4.78 is 5.99. The first-order valence-electron chi connectivity index (χ1n) is 6.44. The van der Waals surface area contributed by atoms with Gasteiger partial charge in [-0.05, 0) is 50.2 Å². The van der Waals surface area contributed by atoms with E-state index < -0.39 is 0 Å². The quantitative estimate of drug-likeness (QED) is 0.855. The molecule has 3 nitrogen and oxygen atoms in total. The summed E-state index contributed by atoms with van der Waals surface area (Å²) in [5, 5.41) is 0. The van der Waals surface area contributed by atoms with Crippen LogP contribution in [0, 0.1) is 18.8 Å². The van der Waals surface area contributed by atoms with Crippen molar-refractivity contribution in [2.75, 3.05) is 5.73 Å². The van der Waals surface area contributed by atoms with Crippen LogP contribution in [0.1, 0.15) is 38.8 Å². The highest BCUT2D eigenvalue weighted by Gasteiger charge is 2.25. The van der Waals surface area contributed by atoms with Gasteiger partial charge >= 0.3 is 0 Å². The first-order valence-corrected chi connectivity index (χ1v) is 6.44. The highest BCUT2D eigenvalue weighted by molar-refractivity contribution is 5.46. The van der Waals surface area contributed by atoms with Crippen molar-refractivity contribution >= 4 is 5.82 Å². The summed E-state index contributed by atoms with van der Waals surface area (Å²) in [5.74, 6) is 2.73. The van der Waals surface area contributed by atoms with Gasteiger partial charge < -0.3 is 10.5 Å². The topological polar surface area (TPSA) is 48.1 Å². The molecule has 0 saturated heterocycles. The van der Waals surface area contributed by atoms with Crippen molar-refractivity contribution in [1.29, 1.82) is 0 Å². The van der Waals surface area contributed by atoms with Gasteiger partial charge in [0.1, 0.15) is 0 Å². The molecule has 1 aliphatic carbocycles. The van der Waals surface area contributed by atoms with Crippen molar-refractivity contribution in [3.8, 4) is 5.75 Å². The molecule has 0 amide bonds. The predicted octanol–water partition coefficient (Wildman–Crippen LogP) is 3.18. The van der Waals surface area contributed by atoms with E-state index in [4.69, 9.17) is 10.5 Å². The molecule has 3 heteroatoms. The normalized spacial score (nSPS) is 29.0. The lowest BCUT2D eigenvalue weighted by molar-refractivity contribution is 0.101. The lowest BCUT2D eigenvalue weighted by Gasteiger charge is -2.31. The fourth-order valence-corrected chi connectivity index (χ4v) is 2.81. The molecule has 0 radical (unpaired) electrons. The van der Waals surface area contributed by atoms with Crippen molar-refractivity contribution < 1.29 is 4.74 Å². The van der Waals surface area contributed by atoms with Crippen LogP contribution in [0.5, 0.6) is 5.75 Å². The second kappa shape index (κ2) is 4.94. The van der Waals surface area contributed by atoms with Crippen LogP contribution in [0.2, 0.25) is 0 Å². The molecule has 1 fully saturated rings. The molecular weight excluding hydrogens is 212 g/mol. The average molecular weight is 234 g/mol. The number of aryl methyl sites for hydroxylation is 1. The second-order valence-corrected chi connectivity index (χ2v) is 5.49. The van der Waals surface area contributed by atoms with Crippen LogP contribution >= 0.6 is 0 Å². The van der Waals surface area contributed by atoms with E-state index >= 15 is 0 Å². The maximum Gasteiger partial charge on any atom is 0.166 e. The maximum absolute atomic E-state index is 5.99. The number of ether oxygens (including phenoxy) is 1. The third-order valence-electron chi connectivity index (χ3n) is 3.45. The largest absolute Gasteiger partial charge is 0.487 e. The molecule has 1 saturated carbocycles. The minimum absolute atomic E-state index is 0.292. The van der Waals surface area contributed by atoms with E-state index in [1.165, 1.54) is 6.42 Å². The zero-order valence-corrected chi connectivity index (χ0v) is 10.9. The van der Waals surface area contributed by atoms with Crippen LogP contribution in [-0.2, 0) is 0 Å². The highest BCUT2D eigenvalue weighted by atomic mass is 16.5. The Morgan fingerprint density at radius 1 is 1.18 bits per heavy atom. The third-order valence-corrected chi connectivity index (χ3v) is 3.45. The average Bonchev–Trinajstić information content (AvgIpc) is 2.21. The van der Waals surface area contributed by atoms with Crippen LogP contribution in [0.15, 0.2) is 12.1 Å². The first kappa shape index (κ1) is 12.2. The highest BCUT2D eigenvalue weighted by Crippen LogP contribution is 2.32. The first-order chi connectivity index (χ1) is 8.04. The molecule has 1 heterocycles. The van der Waals surface area contributed by atoms with E-state index in [9.17, 15) is 0 Å². The summed E-state index contributed by atoms with van der Waals surface area (Å²) in [5.41, 5.74) is 6.80. The molecule has 1 aliphatic rings. The van der Waals surface area contributed by atoms with Crippen LogP contribution < -0.4 is 10.5 Å². The molecule has 2 unspecified atom stereocenters. The van der Waals surface area contributed by atoms with Crippen molar-refractivity contribution in [3.63, 3.8) is 0 Å². The van der Waals surface area contributed by atoms with Gasteiger partial charge in [-0.2, -0.15) is 0 Å². The van der Waals surface area contributed by atoms with E-state index in [1.54, 1.807) is 0 Å². The number of aromatic nitrogens is 1.